The molecule has 92 valence electrons. The minimum atomic E-state index is 0.628. The fourth-order valence-electron chi connectivity index (χ4n) is 1.99. The second-order valence-corrected chi connectivity index (χ2v) is 5.07. The summed E-state index contributed by atoms with van der Waals surface area (Å²) in [5, 5.41) is 0.628. The monoisotopic (exact) mass is 269 g/mol. The lowest BCUT2D eigenvalue weighted by atomic mass is 10.0. The van der Waals surface area contributed by atoms with Crippen molar-refractivity contribution in [2.45, 2.75) is 33.2 Å². The van der Waals surface area contributed by atoms with Crippen LogP contribution in [0.3, 0.4) is 0 Å². The quantitative estimate of drug-likeness (QED) is 0.845. The summed E-state index contributed by atoms with van der Waals surface area (Å²) in [4.78, 5) is 7.51. The molecule has 0 aromatic carbocycles. The number of hydrogen-bond donors (Lipinski definition) is 1. The van der Waals surface area contributed by atoms with E-state index in [2.05, 4.69) is 28.4 Å². The van der Waals surface area contributed by atoms with Crippen molar-refractivity contribution < 1.29 is 0 Å². The van der Waals surface area contributed by atoms with Crippen molar-refractivity contribution in [2.24, 2.45) is 5.92 Å². The lowest BCUT2D eigenvalue weighted by Crippen LogP contribution is -2.09. The Morgan fingerprint density at radius 3 is 2.82 bits per heavy atom. The highest BCUT2D eigenvalue weighted by atomic mass is 35.5. The SMILES string of the molecule is CCC(CC)Cn1c(=S)[nH]c2cc(Cl)cnc21. The predicted molar refractivity (Wildman–Crippen MR) is 74.0 cm³/mol. The topological polar surface area (TPSA) is 33.6 Å². The number of fused-ring (bicyclic) bond motifs is 1. The highest BCUT2D eigenvalue weighted by Crippen LogP contribution is 2.19. The molecule has 2 heterocycles. The van der Waals surface area contributed by atoms with Gasteiger partial charge in [0.15, 0.2) is 10.4 Å². The second kappa shape index (κ2) is 5.19. The first-order chi connectivity index (χ1) is 8.15. The summed E-state index contributed by atoms with van der Waals surface area (Å²) in [6, 6.07) is 1.86. The van der Waals surface area contributed by atoms with E-state index in [1.165, 1.54) is 0 Å². The molecule has 0 atom stereocenters. The van der Waals surface area contributed by atoms with E-state index < -0.39 is 0 Å². The van der Waals surface area contributed by atoms with Gasteiger partial charge in [-0.05, 0) is 24.2 Å². The third-order valence-electron chi connectivity index (χ3n) is 3.17. The average molecular weight is 270 g/mol. The number of hydrogen-bond acceptors (Lipinski definition) is 2. The number of halogens is 1. The Bertz CT molecular complexity index is 569. The summed E-state index contributed by atoms with van der Waals surface area (Å²) in [6.07, 6.45) is 3.97. The molecule has 0 spiro atoms. The van der Waals surface area contributed by atoms with E-state index in [9.17, 15) is 0 Å². The van der Waals surface area contributed by atoms with Crippen molar-refractivity contribution >= 4 is 35.0 Å². The van der Waals surface area contributed by atoms with Crippen molar-refractivity contribution in [2.75, 3.05) is 0 Å². The van der Waals surface area contributed by atoms with Gasteiger partial charge in [0.2, 0.25) is 0 Å². The fourth-order valence-corrected chi connectivity index (χ4v) is 2.42. The highest BCUT2D eigenvalue weighted by Gasteiger charge is 2.10. The molecule has 0 aliphatic carbocycles. The molecule has 2 rings (SSSR count). The van der Waals surface area contributed by atoms with Crippen molar-refractivity contribution in [1.29, 1.82) is 0 Å². The Morgan fingerprint density at radius 2 is 2.18 bits per heavy atom. The van der Waals surface area contributed by atoms with E-state index in [-0.39, 0.29) is 0 Å². The molecule has 0 radical (unpaired) electrons. The van der Waals surface area contributed by atoms with E-state index in [0.717, 1.165) is 35.3 Å². The molecule has 3 nitrogen and oxygen atoms in total. The van der Waals surface area contributed by atoms with Gasteiger partial charge >= 0.3 is 0 Å². The molecule has 17 heavy (non-hydrogen) atoms. The number of aromatic amines is 1. The van der Waals surface area contributed by atoms with Crippen molar-refractivity contribution in [3.05, 3.63) is 22.1 Å². The van der Waals surface area contributed by atoms with E-state index >= 15 is 0 Å². The van der Waals surface area contributed by atoms with Gasteiger partial charge in [-0.1, -0.05) is 38.3 Å². The van der Waals surface area contributed by atoms with Crippen molar-refractivity contribution in [3.8, 4) is 0 Å². The number of aromatic nitrogens is 3. The minimum Gasteiger partial charge on any atom is -0.329 e. The molecule has 0 saturated carbocycles. The lowest BCUT2D eigenvalue weighted by molar-refractivity contribution is 0.421. The summed E-state index contributed by atoms with van der Waals surface area (Å²) in [6.45, 7) is 5.33. The highest BCUT2D eigenvalue weighted by molar-refractivity contribution is 7.71. The van der Waals surface area contributed by atoms with E-state index in [0.29, 0.717) is 10.9 Å². The first-order valence-corrected chi connectivity index (χ1v) is 6.68. The van der Waals surface area contributed by atoms with Crippen LogP contribution in [0.1, 0.15) is 26.7 Å². The van der Waals surface area contributed by atoms with Gasteiger partial charge in [0, 0.05) is 12.7 Å². The Balaban J connectivity index is 2.46. The molecule has 0 aliphatic heterocycles. The van der Waals surface area contributed by atoms with Crippen molar-refractivity contribution in [3.63, 3.8) is 0 Å². The first-order valence-electron chi connectivity index (χ1n) is 5.89. The maximum Gasteiger partial charge on any atom is 0.179 e. The van der Waals surface area contributed by atoms with Gasteiger partial charge in [0.05, 0.1) is 10.5 Å². The number of imidazole rings is 1. The summed E-state index contributed by atoms with van der Waals surface area (Å²) < 4.78 is 2.79. The zero-order valence-electron chi connectivity index (χ0n) is 10.0. The normalized spacial score (nSPS) is 11.5. The molecule has 2 aromatic heterocycles. The Hall–Kier alpha value is -0.870. The van der Waals surface area contributed by atoms with Crippen LogP contribution in [0.5, 0.6) is 0 Å². The first kappa shape index (κ1) is 12.6. The molecule has 2 aromatic rings. The summed E-state index contributed by atoms with van der Waals surface area (Å²) in [7, 11) is 0. The second-order valence-electron chi connectivity index (χ2n) is 4.25. The van der Waals surface area contributed by atoms with Gasteiger partial charge < -0.3 is 9.55 Å². The van der Waals surface area contributed by atoms with E-state index in [4.69, 9.17) is 23.8 Å². The van der Waals surface area contributed by atoms with Crippen LogP contribution in [-0.2, 0) is 6.54 Å². The fraction of sp³-hybridized carbons (Fsp3) is 0.500. The maximum atomic E-state index is 5.91. The Morgan fingerprint density at radius 1 is 1.47 bits per heavy atom. The van der Waals surface area contributed by atoms with Crippen LogP contribution in [0.2, 0.25) is 5.02 Å². The van der Waals surface area contributed by atoms with Crippen LogP contribution in [0.15, 0.2) is 12.3 Å². The Kier molecular flexibility index (Phi) is 3.84. The molecular formula is C12H16ClN3S. The van der Waals surface area contributed by atoms with E-state index in [1.54, 1.807) is 6.20 Å². The number of H-pyrrole nitrogens is 1. The molecular weight excluding hydrogens is 254 g/mol. The molecule has 5 heteroatoms. The largest absolute Gasteiger partial charge is 0.329 e. The third kappa shape index (κ3) is 2.53. The van der Waals surface area contributed by atoms with Gasteiger partial charge in [-0.25, -0.2) is 4.98 Å². The van der Waals surface area contributed by atoms with Crippen LogP contribution in [0.25, 0.3) is 11.2 Å². The average Bonchev–Trinajstić information content (AvgIpc) is 2.61. The van der Waals surface area contributed by atoms with Gasteiger partial charge in [-0.15, -0.1) is 0 Å². The summed E-state index contributed by atoms with van der Waals surface area (Å²) in [5.41, 5.74) is 1.81. The summed E-state index contributed by atoms with van der Waals surface area (Å²) in [5.74, 6) is 0.637. The van der Waals surface area contributed by atoms with Gasteiger partial charge in [0.1, 0.15) is 0 Å². The number of nitrogens with one attached hydrogen (secondary N) is 1. The van der Waals surface area contributed by atoms with Crippen LogP contribution in [-0.4, -0.2) is 14.5 Å². The number of nitrogens with zero attached hydrogens (tertiary/aromatic N) is 2. The van der Waals surface area contributed by atoms with Crippen LogP contribution in [0.4, 0.5) is 0 Å². The molecule has 0 fully saturated rings. The zero-order valence-corrected chi connectivity index (χ0v) is 11.6. The molecule has 0 amide bonds. The zero-order chi connectivity index (χ0) is 12.4. The van der Waals surface area contributed by atoms with Crippen LogP contribution in [0, 0.1) is 10.7 Å². The standard InChI is InChI=1S/C12H16ClN3S/c1-3-8(4-2)7-16-11-10(15-12(16)17)5-9(13)6-14-11/h5-6,8H,3-4,7H2,1-2H3,(H,15,17). The molecule has 0 saturated heterocycles. The van der Waals surface area contributed by atoms with Gasteiger partial charge in [-0.3, -0.25) is 0 Å². The molecule has 0 unspecified atom stereocenters. The molecule has 0 aliphatic rings. The van der Waals surface area contributed by atoms with Crippen LogP contribution >= 0.6 is 23.8 Å². The summed E-state index contributed by atoms with van der Waals surface area (Å²) >= 11 is 11.2. The Labute approximate surface area is 111 Å². The van der Waals surface area contributed by atoms with E-state index in [1.807, 2.05) is 6.07 Å². The van der Waals surface area contributed by atoms with Crippen molar-refractivity contribution in [1.82, 2.24) is 14.5 Å². The number of rotatable bonds is 4. The predicted octanol–water partition coefficient (Wildman–Crippen LogP) is 4.18. The molecule has 0 bridgehead atoms. The van der Waals surface area contributed by atoms with Crippen LogP contribution < -0.4 is 0 Å². The van der Waals surface area contributed by atoms with Gasteiger partial charge in [-0.2, -0.15) is 0 Å². The maximum absolute atomic E-state index is 5.91. The lowest BCUT2D eigenvalue weighted by Gasteiger charge is -2.13. The molecule has 1 N–H and O–H groups in total. The van der Waals surface area contributed by atoms with Gasteiger partial charge in [0.25, 0.3) is 0 Å². The minimum absolute atomic E-state index is 0.628. The number of pyridine rings is 1. The third-order valence-corrected chi connectivity index (χ3v) is 3.70. The smallest absolute Gasteiger partial charge is 0.179 e.